The van der Waals surface area contributed by atoms with Crippen LogP contribution < -0.4 is 4.74 Å². The highest BCUT2D eigenvalue weighted by atomic mass is 16.5. The van der Waals surface area contributed by atoms with Gasteiger partial charge in [0.25, 0.3) is 0 Å². The number of carbonyl (C=O) groups is 1. The topological polar surface area (TPSA) is 46.5 Å². The van der Waals surface area contributed by atoms with E-state index in [4.69, 9.17) is 9.84 Å². The molecular weight excluding hydrogens is 156 g/mol. The van der Waals surface area contributed by atoms with Crippen LogP contribution in [-0.4, -0.2) is 18.5 Å². The van der Waals surface area contributed by atoms with Crippen LogP contribution in [0.5, 0.6) is 5.75 Å². The normalized spacial score (nSPS) is 9.50. The molecule has 12 heavy (non-hydrogen) atoms. The van der Waals surface area contributed by atoms with E-state index < -0.39 is 0 Å². The fourth-order valence-corrected chi connectivity index (χ4v) is 0.954. The third-order valence-electron chi connectivity index (χ3n) is 1.65. The van der Waals surface area contributed by atoms with Gasteiger partial charge in [-0.05, 0) is 17.7 Å². The molecule has 0 unspecified atom stereocenters. The van der Waals surface area contributed by atoms with Gasteiger partial charge in [-0.3, -0.25) is 4.79 Å². The molecule has 0 saturated carbocycles. The molecule has 0 aliphatic carbocycles. The van der Waals surface area contributed by atoms with E-state index in [1.807, 2.05) is 0 Å². The van der Waals surface area contributed by atoms with Crippen LogP contribution in [0.4, 0.5) is 0 Å². The number of methoxy groups -OCH3 is 1. The Hall–Kier alpha value is -1.35. The lowest BCUT2D eigenvalue weighted by Crippen LogP contribution is -1.93. The molecule has 0 aliphatic rings. The Bertz CT molecular complexity index is 281. The molecule has 64 valence electrons. The highest BCUT2D eigenvalue weighted by molar-refractivity contribution is 5.78. The van der Waals surface area contributed by atoms with Crippen molar-refractivity contribution in [2.24, 2.45) is 0 Å². The molecule has 1 aromatic rings. The van der Waals surface area contributed by atoms with Gasteiger partial charge in [0.05, 0.1) is 13.7 Å². The van der Waals surface area contributed by atoms with Gasteiger partial charge >= 0.3 is 0 Å². The minimum Gasteiger partial charge on any atom is -0.497 e. The Balaban J connectivity index is 3.10. The fourth-order valence-electron chi connectivity index (χ4n) is 0.954. The van der Waals surface area contributed by atoms with E-state index >= 15 is 0 Å². The average molecular weight is 166 g/mol. The monoisotopic (exact) mass is 166 g/mol. The maximum Gasteiger partial charge on any atom is 0.150 e. The van der Waals surface area contributed by atoms with E-state index in [-0.39, 0.29) is 6.61 Å². The Labute approximate surface area is 70.6 Å². The summed E-state index contributed by atoms with van der Waals surface area (Å²) in [6.07, 6.45) is 0.702. The van der Waals surface area contributed by atoms with Crippen molar-refractivity contribution < 1.29 is 14.6 Å². The maximum absolute atomic E-state index is 10.5. The van der Waals surface area contributed by atoms with Gasteiger partial charge in [0, 0.05) is 5.56 Å². The third-order valence-corrected chi connectivity index (χ3v) is 1.65. The van der Waals surface area contributed by atoms with Crippen molar-refractivity contribution in [3.8, 4) is 5.75 Å². The first-order chi connectivity index (χ1) is 5.81. The van der Waals surface area contributed by atoms with E-state index in [0.717, 1.165) is 0 Å². The van der Waals surface area contributed by atoms with Crippen LogP contribution in [0.15, 0.2) is 18.2 Å². The molecule has 0 fully saturated rings. The zero-order valence-corrected chi connectivity index (χ0v) is 6.78. The molecule has 0 heterocycles. The number of rotatable bonds is 3. The summed E-state index contributed by atoms with van der Waals surface area (Å²) < 4.78 is 4.92. The molecule has 0 aliphatic heterocycles. The Morgan fingerprint density at radius 1 is 1.58 bits per heavy atom. The summed E-state index contributed by atoms with van der Waals surface area (Å²) in [6.45, 7) is -0.127. The van der Waals surface area contributed by atoms with Gasteiger partial charge in [-0.1, -0.05) is 6.07 Å². The van der Waals surface area contributed by atoms with Crippen molar-refractivity contribution >= 4 is 6.29 Å². The number of aliphatic hydroxyl groups excluding tert-OH is 1. The lowest BCUT2D eigenvalue weighted by atomic mass is 10.1. The Morgan fingerprint density at radius 3 is 2.83 bits per heavy atom. The van der Waals surface area contributed by atoms with E-state index in [1.54, 1.807) is 18.2 Å². The van der Waals surface area contributed by atoms with Crippen molar-refractivity contribution in [2.75, 3.05) is 7.11 Å². The third kappa shape index (κ3) is 1.62. The lowest BCUT2D eigenvalue weighted by molar-refractivity contribution is 0.112. The zero-order chi connectivity index (χ0) is 8.97. The summed E-state index contributed by atoms with van der Waals surface area (Å²) >= 11 is 0. The molecule has 1 rings (SSSR count). The van der Waals surface area contributed by atoms with Crippen LogP contribution in [0.2, 0.25) is 0 Å². The van der Waals surface area contributed by atoms with Crippen molar-refractivity contribution in [3.05, 3.63) is 29.3 Å². The predicted octanol–water partition coefficient (Wildman–Crippen LogP) is 1.00. The molecule has 0 amide bonds. The summed E-state index contributed by atoms with van der Waals surface area (Å²) in [6, 6.07) is 4.97. The molecule has 0 aromatic heterocycles. The highest BCUT2D eigenvalue weighted by Crippen LogP contribution is 2.15. The average Bonchev–Trinajstić information content (AvgIpc) is 2.16. The standard InChI is InChI=1S/C9H10O3/c1-12-9-3-2-7(5-10)8(4-9)6-11/h2-4,6,10H,5H2,1H3. The molecule has 3 nitrogen and oxygen atoms in total. The molecule has 0 atom stereocenters. The molecular formula is C9H10O3. The van der Waals surface area contributed by atoms with Crippen molar-refractivity contribution in [3.63, 3.8) is 0 Å². The number of hydrogen-bond acceptors (Lipinski definition) is 3. The van der Waals surface area contributed by atoms with Crippen LogP contribution in [0.3, 0.4) is 0 Å². The molecule has 3 heteroatoms. The summed E-state index contributed by atoms with van der Waals surface area (Å²) in [5.41, 5.74) is 1.09. The first kappa shape index (κ1) is 8.74. The highest BCUT2D eigenvalue weighted by Gasteiger charge is 2.01. The Morgan fingerprint density at radius 2 is 2.33 bits per heavy atom. The van der Waals surface area contributed by atoms with Gasteiger partial charge in [-0.25, -0.2) is 0 Å². The number of ether oxygens (including phenoxy) is 1. The van der Waals surface area contributed by atoms with Crippen molar-refractivity contribution in [1.82, 2.24) is 0 Å². The van der Waals surface area contributed by atoms with Gasteiger partial charge in [0.2, 0.25) is 0 Å². The number of carbonyl (C=O) groups excluding carboxylic acids is 1. The molecule has 0 radical (unpaired) electrons. The minimum absolute atomic E-state index is 0.127. The van der Waals surface area contributed by atoms with E-state index in [2.05, 4.69) is 0 Å². The van der Waals surface area contributed by atoms with E-state index in [9.17, 15) is 4.79 Å². The SMILES string of the molecule is COc1ccc(CO)c(C=O)c1. The predicted molar refractivity (Wildman–Crippen MR) is 44.3 cm³/mol. The fraction of sp³-hybridized carbons (Fsp3) is 0.222. The van der Waals surface area contributed by atoms with Crippen LogP contribution in [-0.2, 0) is 6.61 Å². The van der Waals surface area contributed by atoms with Crippen LogP contribution in [0.1, 0.15) is 15.9 Å². The van der Waals surface area contributed by atoms with Gasteiger partial charge in [0.15, 0.2) is 6.29 Å². The number of aliphatic hydroxyl groups is 1. The van der Waals surface area contributed by atoms with Crippen LogP contribution in [0.25, 0.3) is 0 Å². The number of hydrogen-bond donors (Lipinski definition) is 1. The minimum atomic E-state index is -0.127. The molecule has 0 saturated heterocycles. The van der Waals surface area contributed by atoms with Crippen LogP contribution >= 0.6 is 0 Å². The first-order valence-electron chi connectivity index (χ1n) is 3.54. The summed E-state index contributed by atoms with van der Waals surface area (Å²) in [5.74, 6) is 0.620. The van der Waals surface area contributed by atoms with Crippen LogP contribution in [0, 0.1) is 0 Å². The van der Waals surface area contributed by atoms with Crippen molar-refractivity contribution in [2.45, 2.75) is 6.61 Å². The molecule has 0 bridgehead atoms. The van der Waals surface area contributed by atoms with E-state index in [1.165, 1.54) is 7.11 Å². The summed E-state index contributed by atoms with van der Waals surface area (Å²) in [7, 11) is 1.53. The Kier molecular flexibility index (Phi) is 2.82. The second-order valence-corrected chi connectivity index (χ2v) is 2.34. The summed E-state index contributed by atoms with van der Waals surface area (Å²) in [5, 5.41) is 8.81. The van der Waals surface area contributed by atoms with Gasteiger partial charge in [0.1, 0.15) is 5.75 Å². The van der Waals surface area contributed by atoms with E-state index in [0.29, 0.717) is 23.2 Å². The zero-order valence-electron chi connectivity index (χ0n) is 6.78. The quantitative estimate of drug-likeness (QED) is 0.681. The molecule has 0 spiro atoms. The largest absolute Gasteiger partial charge is 0.497 e. The maximum atomic E-state index is 10.5. The van der Waals surface area contributed by atoms with Gasteiger partial charge in [-0.15, -0.1) is 0 Å². The van der Waals surface area contributed by atoms with Gasteiger partial charge < -0.3 is 9.84 Å². The number of aldehydes is 1. The van der Waals surface area contributed by atoms with Crippen molar-refractivity contribution in [1.29, 1.82) is 0 Å². The lowest BCUT2D eigenvalue weighted by Gasteiger charge is -2.03. The second-order valence-electron chi connectivity index (χ2n) is 2.34. The smallest absolute Gasteiger partial charge is 0.150 e. The second kappa shape index (κ2) is 3.88. The summed E-state index contributed by atoms with van der Waals surface area (Å²) in [4.78, 5) is 10.5. The van der Waals surface area contributed by atoms with Gasteiger partial charge in [-0.2, -0.15) is 0 Å². The first-order valence-corrected chi connectivity index (χ1v) is 3.54. The molecule has 1 aromatic carbocycles. The molecule has 1 N–H and O–H groups in total. The number of benzene rings is 1.